The van der Waals surface area contributed by atoms with E-state index >= 15 is 0 Å². The Balaban J connectivity index is 1.31. The smallest absolute Gasteiger partial charge is 0.309 e. The Morgan fingerprint density at radius 1 is 1.26 bits per heavy atom. The number of fused-ring (bicyclic) bond motifs is 2. The number of para-hydroxylation sites is 1. The quantitative estimate of drug-likeness (QED) is 0.663. The molecule has 2 bridgehead atoms. The molecule has 2 aromatic rings. The van der Waals surface area contributed by atoms with Crippen LogP contribution in [0.2, 0.25) is 0 Å². The van der Waals surface area contributed by atoms with Gasteiger partial charge in [0.05, 0.1) is 11.6 Å². The number of carbonyl (C=O) groups is 1. The van der Waals surface area contributed by atoms with Crippen LogP contribution in [0.4, 0.5) is 10.8 Å². The Kier molecular flexibility index (Phi) is 3.87. The summed E-state index contributed by atoms with van der Waals surface area (Å²) >= 11 is 1.52. The first-order valence-corrected chi connectivity index (χ1v) is 8.77. The number of esters is 1. The van der Waals surface area contributed by atoms with Crippen LogP contribution in [0.15, 0.2) is 47.9 Å². The summed E-state index contributed by atoms with van der Waals surface area (Å²) in [7, 11) is 0. The van der Waals surface area contributed by atoms with Crippen molar-refractivity contribution in [1.29, 1.82) is 0 Å². The van der Waals surface area contributed by atoms with Gasteiger partial charge in [-0.05, 0) is 36.8 Å². The van der Waals surface area contributed by atoms with E-state index in [9.17, 15) is 4.79 Å². The molecule has 0 spiro atoms. The van der Waals surface area contributed by atoms with Crippen LogP contribution < -0.4 is 5.32 Å². The van der Waals surface area contributed by atoms with Crippen molar-refractivity contribution >= 4 is 28.1 Å². The van der Waals surface area contributed by atoms with Crippen molar-refractivity contribution in [1.82, 2.24) is 4.98 Å². The molecule has 1 N–H and O–H groups in total. The fourth-order valence-electron chi connectivity index (χ4n) is 3.38. The van der Waals surface area contributed by atoms with Crippen molar-refractivity contribution in [3.8, 4) is 0 Å². The van der Waals surface area contributed by atoms with Crippen LogP contribution in [0.5, 0.6) is 0 Å². The third-order valence-electron chi connectivity index (χ3n) is 4.52. The standard InChI is InChI=1S/C18H18N2O2S/c21-17(16-9-12-6-7-13(16)8-12)22-10-15-11-23-18(20-15)19-14-4-2-1-3-5-14/h1-7,11-13,16H,8-10H2,(H,19,20)/t12-,13+,16+/m0/s1. The van der Waals surface area contributed by atoms with Gasteiger partial charge in [0.1, 0.15) is 6.61 Å². The van der Waals surface area contributed by atoms with Gasteiger partial charge in [0.25, 0.3) is 0 Å². The maximum atomic E-state index is 12.2. The summed E-state index contributed by atoms with van der Waals surface area (Å²) in [4.78, 5) is 16.7. The van der Waals surface area contributed by atoms with Crippen molar-refractivity contribution in [2.75, 3.05) is 5.32 Å². The van der Waals surface area contributed by atoms with Gasteiger partial charge in [-0.25, -0.2) is 4.98 Å². The Bertz CT molecular complexity index is 726. The van der Waals surface area contributed by atoms with Gasteiger partial charge < -0.3 is 10.1 Å². The summed E-state index contributed by atoms with van der Waals surface area (Å²) in [6.45, 7) is 0.253. The lowest BCUT2D eigenvalue weighted by molar-refractivity contribution is -0.150. The topological polar surface area (TPSA) is 51.2 Å². The number of benzene rings is 1. The second-order valence-electron chi connectivity index (χ2n) is 6.13. The van der Waals surface area contributed by atoms with Crippen molar-refractivity contribution in [3.63, 3.8) is 0 Å². The molecule has 4 nitrogen and oxygen atoms in total. The van der Waals surface area contributed by atoms with Gasteiger partial charge in [-0.2, -0.15) is 0 Å². The largest absolute Gasteiger partial charge is 0.459 e. The number of allylic oxidation sites excluding steroid dienone is 2. The highest BCUT2D eigenvalue weighted by molar-refractivity contribution is 7.13. The van der Waals surface area contributed by atoms with Crippen molar-refractivity contribution in [3.05, 3.63) is 53.6 Å². The summed E-state index contributed by atoms with van der Waals surface area (Å²) < 4.78 is 5.47. The van der Waals surface area contributed by atoms with Crippen LogP contribution in [-0.4, -0.2) is 11.0 Å². The maximum Gasteiger partial charge on any atom is 0.309 e. The second-order valence-corrected chi connectivity index (χ2v) is 6.99. The van der Waals surface area contributed by atoms with Gasteiger partial charge in [-0.15, -0.1) is 11.3 Å². The maximum absolute atomic E-state index is 12.2. The van der Waals surface area contributed by atoms with E-state index in [1.807, 2.05) is 35.7 Å². The van der Waals surface area contributed by atoms with E-state index in [1.165, 1.54) is 11.3 Å². The third-order valence-corrected chi connectivity index (χ3v) is 5.33. The molecule has 4 rings (SSSR count). The molecule has 0 unspecified atom stereocenters. The zero-order valence-corrected chi connectivity index (χ0v) is 13.5. The summed E-state index contributed by atoms with van der Waals surface area (Å²) in [5.41, 5.74) is 1.79. The van der Waals surface area contributed by atoms with E-state index < -0.39 is 0 Å². The molecule has 5 heteroatoms. The number of aromatic nitrogens is 1. The molecule has 1 fully saturated rings. The molecule has 2 aliphatic rings. The molecule has 0 amide bonds. The van der Waals surface area contributed by atoms with Gasteiger partial charge in [0, 0.05) is 11.1 Å². The number of thiazole rings is 1. The van der Waals surface area contributed by atoms with Crippen LogP contribution in [-0.2, 0) is 16.1 Å². The molecule has 0 radical (unpaired) electrons. The Labute approximate surface area is 139 Å². The molecule has 1 heterocycles. The Morgan fingerprint density at radius 3 is 2.87 bits per heavy atom. The number of hydrogen-bond donors (Lipinski definition) is 1. The fraction of sp³-hybridized carbons (Fsp3) is 0.333. The predicted octanol–water partition coefficient (Wildman–Crippen LogP) is 4.14. The number of nitrogens with one attached hydrogen (secondary N) is 1. The van der Waals surface area contributed by atoms with Crippen LogP contribution >= 0.6 is 11.3 Å². The molecular formula is C18H18N2O2S. The fourth-order valence-corrected chi connectivity index (χ4v) is 4.09. The second kappa shape index (κ2) is 6.16. The first-order valence-electron chi connectivity index (χ1n) is 7.89. The number of ether oxygens (including phenoxy) is 1. The molecule has 1 aromatic heterocycles. The highest BCUT2D eigenvalue weighted by Crippen LogP contribution is 2.43. The minimum atomic E-state index is -0.0765. The number of rotatable bonds is 5. The molecular weight excluding hydrogens is 308 g/mol. The number of hydrogen-bond acceptors (Lipinski definition) is 5. The van der Waals surface area contributed by atoms with Crippen molar-refractivity contribution in [2.24, 2.45) is 17.8 Å². The van der Waals surface area contributed by atoms with Gasteiger partial charge in [0.15, 0.2) is 5.13 Å². The first kappa shape index (κ1) is 14.5. The summed E-state index contributed by atoms with van der Waals surface area (Å²) in [5.74, 6) is 0.940. The summed E-state index contributed by atoms with van der Waals surface area (Å²) in [5, 5.41) is 5.99. The van der Waals surface area contributed by atoms with Crippen molar-refractivity contribution in [2.45, 2.75) is 19.4 Å². The third kappa shape index (κ3) is 3.15. The van der Waals surface area contributed by atoms with Crippen LogP contribution in [0.1, 0.15) is 18.5 Å². The van der Waals surface area contributed by atoms with E-state index in [4.69, 9.17) is 4.74 Å². The zero-order chi connectivity index (χ0) is 15.6. The normalized spacial score (nSPS) is 24.8. The lowest BCUT2D eigenvalue weighted by atomic mass is 9.94. The Morgan fingerprint density at radius 2 is 2.13 bits per heavy atom. The first-order chi connectivity index (χ1) is 11.3. The average Bonchev–Trinajstić information content (AvgIpc) is 3.30. The molecule has 1 saturated carbocycles. The van der Waals surface area contributed by atoms with Gasteiger partial charge >= 0.3 is 5.97 Å². The number of anilines is 2. The SMILES string of the molecule is O=C(OCc1csc(Nc2ccccc2)n1)[C@@H]1C[C@H]2C=C[C@@H]1C2. The molecule has 2 aliphatic carbocycles. The average molecular weight is 326 g/mol. The number of carbonyl (C=O) groups excluding carboxylic acids is 1. The summed E-state index contributed by atoms with van der Waals surface area (Å²) in [6, 6.07) is 9.90. The van der Waals surface area contributed by atoms with Crippen LogP contribution in [0.25, 0.3) is 0 Å². The van der Waals surface area contributed by atoms with E-state index in [1.54, 1.807) is 0 Å². The van der Waals surface area contributed by atoms with Crippen LogP contribution in [0.3, 0.4) is 0 Å². The molecule has 0 saturated heterocycles. The van der Waals surface area contributed by atoms with E-state index in [2.05, 4.69) is 22.5 Å². The van der Waals surface area contributed by atoms with Gasteiger partial charge in [0.2, 0.25) is 0 Å². The molecule has 23 heavy (non-hydrogen) atoms. The monoisotopic (exact) mass is 326 g/mol. The Hall–Kier alpha value is -2.14. The molecule has 0 aliphatic heterocycles. The van der Waals surface area contributed by atoms with E-state index in [0.717, 1.165) is 29.4 Å². The molecule has 118 valence electrons. The summed E-state index contributed by atoms with van der Waals surface area (Å²) in [6.07, 6.45) is 6.46. The lowest BCUT2D eigenvalue weighted by Gasteiger charge is -2.16. The molecule has 3 atom stereocenters. The zero-order valence-electron chi connectivity index (χ0n) is 12.6. The van der Waals surface area contributed by atoms with E-state index in [-0.39, 0.29) is 18.5 Å². The highest BCUT2D eigenvalue weighted by atomic mass is 32.1. The van der Waals surface area contributed by atoms with Gasteiger partial charge in [-0.1, -0.05) is 30.4 Å². The molecule has 1 aromatic carbocycles. The van der Waals surface area contributed by atoms with Crippen molar-refractivity contribution < 1.29 is 9.53 Å². The minimum absolute atomic E-state index is 0.0468. The minimum Gasteiger partial charge on any atom is -0.459 e. The van der Waals surface area contributed by atoms with Crippen LogP contribution in [0, 0.1) is 17.8 Å². The van der Waals surface area contributed by atoms with Gasteiger partial charge in [-0.3, -0.25) is 4.79 Å². The predicted molar refractivity (Wildman–Crippen MR) is 90.5 cm³/mol. The lowest BCUT2D eigenvalue weighted by Crippen LogP contribution is -2.21. The number of nitrogens with zero attached hydrogens (tertiary/aromatic N) is 1. The van der Waals surface area contributed by atoms with E-state index in [0.29, 0.717) is 11.8 Å². The highest BCUT2D eigenvalue weighted by Gasteiger charge is 2.40.